The number of rotatable bonds is 9. The van der Waals surface area contributed by atoms with E-state index < -0.39 is 53.4 Å². The Kier molecular flexibility index (Phi) is 17.9. The van der Waals surface area contributed by atoms with Gasteiger partial charge in [-0.15, -0.1) is 0 Å². The monoisotopic (exact) mass is 1030 g/mol. The largest absolute Gasteiger partial charge is 0.508 e. The van der Waals surface area contributed by atoms with Crippen LogP contribution in [-0.4, -0.2) is 85.1 Å². The number of ketones is 1. The van der Waals surface area contributed by atoms with Gasteiger partial charge in [-0.05, 0) is 172 Å². The molecule has 11 nitrogen and oxygen atoms in total. The first kappa shape index (κ1) is 55.0. The van der Waals surface area contributed by atoms with Gasteiger partial charge >= 0.3 is 0 Å². The molecule has 2 fully saturated rings. The van der Waals surface area contributed by atoms with Crippen LogP contribution in [-0.2, 0) is 34.6 Å². The Bertz CT molecular complexity index is 2640. The molecule has 0 radical (unpaired) electrons. The van der Waals surface area contributed by atoms with E-state index in [1.807, 2.05) is 68.5 Å². The van der Waals surface area contributed by atoms with Crippen molar-refractivity contribution < 1.29 is 40.2 Å². The molecule has 6 bridgehead atoms. The fourth-order valence-corrected chi connectivity index (χ4v) is 15.5. The third-order valence-corrected chi connectivity index (χ3v) is 19.4. The average molecular weight is 1030 g/mol. The number of aliphatic hydroxyl groups excluding tert-OH is 4. The molecule has 3 aromatic rings. The number of phenolic OH excluding ortho intramolecular Hbond substituents is 1. The number of aromatic hydroxyl groups is 1. The van der Waals surface area contributed by atoms with Gasteiger partial charge in [0.2, 0.25) is 5.91 Å². The summed E-state index contributed by atoms with van der Waals surface area (Å²) >= 11 is 0. The van der Waals surface area contributed by atoms with Gasteiger partial charge in [-0.2, -0.15) is 0 Å². The van der Waals surface area contributed by atoms with Crippen molar-refractivity contribution in [3.05, 3.63) is 158 Å². The summed E-state index contributed by atoms with van der Waals surface area (Å²) < 4.78 is 0. The number of nitrogens with one attached hydrogen (secondary N) is 2. The van der Waals surface area contributed by atoms with Crippen molar-refractivity contribution in [1.29, 1.82) is 0 Å². The van der Waals surface area contributed by atoms with Crippen LogP contribution >= 0.6 is 21.6 Å². The summed E-state index contributed by atoms with van der Waals surface area (Å²) in [4.78, 5) is 29.6. The average Bonchev–Trinajstić information content (AvgIpc) is 3.69. The van der Waals surface area contributed by atoms with E-state index in [2.05, 4.69) is 49.3 Å². The molecule has 13 heteroatoms. The Morgan fingerprint density at radius 3 is 2.53 bits per heavy atom. The minimum atomic E-state index is -1.35. The van der Waals surface area contributed by atoms with E-state index >= 15 is 4.79 Å². The summed E-state index contributed by atoms with van der Waals surface area (Å²) in [5.41, 5.74) is 14.4. The summed E-state index contributed by atoms with van der Waals surface area (Å²) in [6.45, 7) is 11.8. The second kappa shape index (κ2) is 23.7. The molecule has 0 aromatic heterocycles. The molecule has 10 N–H and O–H groups in total. The Morgan fingerprint density at radius 1 is 1.00 bits per heavy atom. The lowest BCUT2D eigenvalue weighted by Gasteiger charge is -2.56. The van der Waals surface area contributed by atoms with Gasteiger partial charge in [0.05, 0.1) is 30.5 Å². The van der Waals surface area contributed by atoms with Crippen molar-refractivity contribution in [3.8, 4) is 5.75 Å². The van der Waals surface area contributed by atoms with Gasteiger partial charge in [0, 0.05) is 35.8 Å². The Labute approximate surface area is 440 Å². The highest BCUT2D eigenvalue weighted by molar-refractivity contribution is 8.76. The Balaban J connectivity index is 1.23. The molecule has 3 aromatic carbocycles. The highest BCUT2D eigenvalue weighted by Gasteiger charge is 2.64. The van der Waals surface area contributed by atoms with Crippen LogP contribution < -0.4 is 16.4 Å². The van der Waals surface area contributed by atoms with Gasteiger partial charge in [-0.1, -0.05) is 118 Å². The predicted molar refractivity (Wildman–Crippen MR) is 293 cm³/mol. The zero-order valence-electron chi connectivity index (χ0n) is 43.0. The van der Waals surface area contributed by atoms with Crippen LogP contribution in [0.2, 0.25) is 0 Å². The van der Waals surface area contributed by atoms with Crippen molar-refractivity contribution >= 4 is 33.3 Å². The maximum Gasteiger partial charge on any atom is 0.243 e. The number of carbonyl (C=O) groups excluding carboxylic acids is 2. The number of hydrogen-bond donors (Lipinski definition) is 9. The van der Waals surface area contributed by atoms with Gasteiger partial charge in [0.1, 0.15) is 18.0 Å². The lowest BCUT2D eigenvalue weighted by atomic mass is 9.52. The molecule has 392 valence electrons. The summed E-state index contributed by atoms with van der Waals surface area (Å²) in [6.07, 6.45) is 9.17. The fourth-order valence-electron chi connectivity index (χ4n) is 13.0. The molecule has 0 saturated heterocycles. The molecule has 1 spiro atoms. The van der Waals surface area contributed by atoms with Gasteiger partial charge in [0.15, 0.2) is 5.78 Å². The van der Waals surface area contributed by atoms with E-state index in [4.69, 9.17) is 5.73 Å². The highest BCUT2D eigenvalue weighted by Crippen LogP contribution is 2.63. The Morgan fingerprint density at radius 2 is 1.78 bits per heavy atom. The van der Waals surface area contributed by atoms with Gasteiger partial charge in [-0.3, -0.25) is 14.9 Å². The molecule has 1 amide bonds. The standard InChI is InChI=1S/C60H77N3O8S2/c1-35(2)9-6-10-36(3)11-7-14-41(32-64)46-24-26-60(56(46)69)51-22-20-44(66)28-39-12-8-13-40(27-39)50-34-73-72-33-42-17-21-47-54(48(42)30-52(67)37(4)45(51)23-25-59(60,5)71)55(58(70)63-57(47)61)62-31-53(68)49(50)29-38-15-18-43(65)19-16-38/h7-9,11-19,21,27,44,46,49-51,53,55-57,62,64-66,68-69,71H,3,6,10,20,22-26,28-34,61H2,1-2,4-5H3,(H,63,70)/b11-7+,41-14-,45-37+/t44-,46-,49-,50+,51-,53+,55+,56-,57+,59-,60-/m1/s1. The molecule has 2 aliphatic carbocycles. The third kappa shape index (κ3) is 11.9. The first-order valence-corrected chi connectivity index (χ1v) is 28.7. The first-order chi connectivity index (χ1) is 34.9. The first-order valence-electron chi connectivity index (χ1n) is 26.3. The predicted octanol–water partition coefficient (Wildman–Crippen LogP) is 8.83. The normalized spacial score (nSPS) is 32.4. The van der Waals surface area contributed by atoms with Gasteiger partial charge in [0.25, 0.3) is 0 Å². The molecule has 0 unspecified atom stereocenters. The fraction of sp³-hybridized carbons (Fsp3) is 0.500. The van der Waals surface area contributed by atoms with E-state index in [1.54, 1.807) is 33.7 Å². The highest BCUT2D eigenvalue weighted by atomic mass is 33.1. The number of aliphatic hydroxyl groups is 5. The van der Waals surface area contributed by atoms with Crippen LogP contribution in [0.4, 0.5) is 0 Å². The quantitative estimate of drug-likeness (QED) is 0.0561. The SMILES string of the molecule is C=C(/C=C/C=C(/CO)[C@H]1CC[C@@]2([C@@H]3CC[C@@H](O)Cc4cccc(c4)[C@@H]4CSSCc5ccc6c(c5CC(=O)/C(C)=C/3CC[C@@]2(C)O)[C@H](NC[C@H](O)[C@@H]4Cc2ccc(O)cc2)C(=O)N[C@@H]6N)[C@@H]1O)CCC=C(C)C. The number of Topliss-reactive ketones (excluding diaryl/α,β-unsaturated/α-hetero) is 1. The van der Waals surface area contributed by atoms with Crippen LogP contribution in [0.15, 0.2) is 119 Å². The van der Waals surface area contributed by atoms with Crippen LogP contribution in [0.3, 0.4) is 0 Å². The summed E-state index contributed by atoms with van der Waals surface area (Å²) in [5, 5.41) is 77.6. The van der Waals surface area contributed by atoms with Crippen molar-refractivity contribution in [2.45, 2.75) is 146 Å². The second-order valence-electron chi connectivity index (χ2n) is 21.9. The number of fused-ring (bicyclic) bond motifs is 9. The van der Waals surface area contributed by atoms with Gasteiger partial charge in [-0.25, -0.2) is 0 Å². The lowest BCUT2D eigenvalue weighted by Crippen LogP contribution is -2.59. The topological polar surface area (TPSA) is 206 Å². The van der Waals surface area contributed by atoms with Crippen LogP contribution in [0.25, 0.3) is 0 Å². The maximum absolute atomic E-state index is 15.3. The van der Waals surface area contributed by atoms with Crippen molar-refractivity contribution in [2.75, 3.05) is 18.9 Å². The van der Waals surface area contributed by atoms with E-state index in [9.17, 15) is 35.4 Å². The van der Waals surface area contributed by atoms with E-state index in [0.717, 1.165) is 51.8 Å². The number of benzene rings is 3. The zero-order chi connectivity index (χ0) is 52.2. The number of phenols is 1. The summed E-state index contributed by atoms with van der Waals surface area (Å²) in [5.74, 6) is -0.624. The molecule has 2 saturated carbocycles. The number of allylic oxidation sites excluding steroid dienone is 8. The number of amides is 1. The molecule has 3 aliphatic heterocycles. The molecule has 11 atom stereocenters. The minimum Gasteiger partial charge on any atom is -0.508 e. The number of carbonyl (C=O) groups is 2. The van der Waals surface area contributed by atoms with Crippen LogP contribution in [0.1, 0.15) is 136 Å². The van der Waals surface area contributed by atoms with Crippen LogP contribution in [0.5, 0.6) is 5.75 Å². The van der Waals surface area contributed by atoms with Crippen molar-refractivity contribution in [1.82, 2.24) is 10.6 Å². The van der Waals surface area contributed by atoms with E-state index in [1.165, 1.54) is 5.57 Å². The smallest absolute Gasteiger partial charge is 0.243 e. The molecule has 5 aliphatic rings. The molecular formula is C60H77N3O8S2. The minimum absolute atomic E-state index is 0.0228. The lowest BCUT2D eigenvalue weighted by molar-refractivity contribution is -0.168. The van der Waals surface area contributed by atoms with Crippen LogP contribution in [0, 0.1) is 23.2 Å². The molecule has 8 rings (SSSR count). The number of hydrogen-bond acceptors (Lipinski definition) is 12. The van der Waals surface area contributed by atoms with E-state index in [0.29, 0.717) is 85.1 Å². The third-order valence-electron chi connectivity index (χ3n) is 17.1. The maximum atomic E-state index is 15.3. The van der Waals surface area contributed by atoms with Gasteiger partial charge < -0.3 is 41.7 Å². The number of β-amino-alcohol motifs (C(OH)–C–C–N with tert-alkyl or cyclic N) is 1. The molecular weight excluding hydrogens is 955 g/mol. The summed E-state index contributed by atoms with van der Waals surface area (Å²) in [7, 11) is 3.37. The van der Waals surface area contributed by atoms with E-state index in [-0.39, 0.29) is 48.8 Å². The zero-order valence-corrected chi connectivity index (χ0v) is 44.6. The Hall–Kier alpha value is -4.28. The second-order valence-corrected chi connectivity index (χ2v) is 24.4. The number of nitrogens with two attached hydrogens (primary N) is 1. The molecule has 73 heavy (non-hydrogen) atoms. The summed E-state index contributed by atoms with van der Waals surface area (Å²) in [6, 6.07) is 18.4. The van der Waals surface area contributed by atoms with Crippen molar-refractivity contribution in [3.63, 3.8) is 0 Å². The van der Waals surface area contributed by atoms with Crippen molar-refractivity contribution in [2.24, 2.45) is 28.9 Å². The molecule has 3 heterocycles.